The number of rotatable bonds is 4. The molecule has 6 nitrogen and oxygen atoms in total. The Kier molecular flexibility index (Phi) is 5.41. The first-order valence-electron chi connectivity index (χ1n) is 5.72. The van der Waals surface area contributed by atoms with Crippen LogP contribution in [0.15, 0.2) is 29.3 Å². The van der Waals surface area contributed by atoms with Crippen LogP contribution < -0.4 is 16.4 Å². The molecule has 1 rings (SSSR count). The molecule has 0 aliphatic heterocycles. The number of phenols is 1. The van der Waals surface area contributed by atoms with Gasteiger partial charge in [0.05, 0.1) is 6.67 Å². The molecule has 100 valence electrons. The molecule has 0 aliphatic carbocycles. The molecule has 0 fully saturated rings. The first-order valence-corrected chi connectivity index (χ1v) is 5.72. The molecular formula is C12H21N5O. The van der Waals surface area contributed by atoms with E-state index in [4.69, 9.17) is 5.73 Å². The second-order valence-corrected chi connectivity index (χ2v) is 4.10. The number of benzene rings is 1. The number of nitrogens with two attached hydrogens (primary N) is 1. The Bertz CT molecular complexity index is 388. The van der Waals surface area contributed by atoms with Gasteiger partial charge in [-0.3, -0.25) is 0 Å². The summed E-state index contributed by atoms with van der Waals surface area (Å²) in [5.41, 5.74) is 6.92. The third-order valence-electron chi connectivity index (χ3n) is 2.35. The van der Waals surface area contributed by atoms with Crippen molar-refractivity contribution in [2.45, 2.75) is 6.17 Å². The molecule has 0 saturated carbocycles. The Balaban J connectivity index is 2.72. The van der Waals surface area contributed by atoms with Crippen molar-refractivity contribution >= 4 is 5.96 Å². The maximum atomic E-state index is 9.22. The van der Waals surface area contributed by atoms with Gasteiger partial charge in [0.25, 0.3) is 0 Å². The van der Waals surface area contributed by atoms with Crippen LogP contribution >= 0.6 is 0 Å². The van der Waals surface area contributed by atoms with E-state index in [9.17, 15) is 5.11 Å². The van der Waals surface area contributed by atoms with Gasteiger partial charge < -0.3 is 26.4 Å². The summed E-state index contributed by atoms with van der Waals surface area (Å²) in [5, 5.41) is 15.3. The maximum absolute atomic E-state index is 9.22. The van der Waals surface area contributed by atoms with Crippen LogP contribution in [0.2, 0.25) is 0 Å². The fourth-order valence-electron chi connectivity index (χ4n) is 1.37. The van der Waals surface area contributed by atoms with Crippen LogP contribution in [0, 0.1) is 0 Å². The largest absolute Gasteiger partial charge is 0.508 e. The summed E-state index contributed by atoms with van der Waals surface area (Å²) in [5.74, 6) is 0.924. The molecule has 5 N–H and O–H groups in total. The van der Waals surface area contributed by atoms with Crippen LogP contribution in [0.1, 0.15) is 11.7 Å². The van der Waals surface area contributed by atoms with Gasteiger partial charge in [0.15, 0.2) is 5.96 Å². The lowest BCUT2D eigenvalue weighted by atomic mass is 10.2. The van der Waals surface area contributed by atoms with Gasteiger partial charge in [-0.05, 0) is 24.7 Å². The summed E-state index contributed by atoms with van der Waals surface area (Å²) in [6.45, 7) is 0.517. The summed E-state index contributed by atoms with van der Waals surface area (Å²) in [6, 6.07) is 6.77. The van der Waals surface area contributed by atoms with Crippen molar-refractivity contribution in [1.82, 2.24) is 15.5 Å². The molecule has 18 heavy (non-hydrogen) atoms. The topological polar surface area (TPSA) is 85.9 Å². The SMILES string of the molecule is CNCN=C(NC(N)c1ccc(O)cc1)N(C)C. The van der Waals surface area contributed by atoms with Crippen LogP contribution in [0.3, 0.4) is 0 Å². The lowest BCUT2D eigenvalue weighted by Crippen LogP contribution is -2.42. The maximum Gasteiger partial charge on any atom is 0.196 e. The molecule has 1 aromatic rings. The van der Waals surface area contributed by atoms with Crippen LogP contribution in [0.5, 0.6) is 5.75 Å². The molecule has 0 radical (unpaired) electrons. The smallest absolute Gasteiger partial charge is 0.196 e. The molecule has 0 saturated heterocycles. The van der Waals surface area contributed by atoms with E-state index >= 15 is 0 Å². The number of hydrogen-bond acceptors (Lipinski definition) is 4. The zero-order chi connectivity index (χ0) is 13.5. The lowest BCUT2D eigenvalue weighted by molar-refractivity contribution is 0.474. The van der Waals surface area contributed by atoms with Gasteiger partial charge in [-0.25, -0.2) is 4.99 Å². The molecular weight excluding hydrogens is 230 g/mol. The molecule has 0 amide bonds. The number of aliphatic imine (C=N–C) groups is 1. The van der Waals surface area contributed by atoms with Crippen molar-refractivity contribution in [2.24, 2.45) is 10.7 Å². The molecule has 0 bridgehead atoms. The van der Waals surface area contributed by atoms with Gasteiger partial charge in [0, 0.05) is 14.1 Å². The lowest BCUT2D eigenvalue weighted by Gasteiger charge is -2.22. The monoisotopic (exact) mass is 251 g/mol. The first-order chi connectivity index (χ1) is 8.54. The number of hydrogen-bond donors (Lipinski definition) is 4. The van der Waals surface area contributed by atoms with Crippen molar-refractivity contribution < 1.29 is 5.11 Å². The molecule has 1 aromatic carbocycles. The van der Waals surface area contributed by atoms with Crippen LogP contribution in [0.4, 0.5) is 0 Å². The average Bonchev–Trinajstić information content (AvgIpc) is 2.34. The molecule has 1 atom stereocenters. The Hall–Kier alpha value is -1.79. The Morgan fingerprint density at radius 2 is 2.00 bits per heavy atom. The highest BCUT2D eigenvalue weighted by atomic mass is 16.3. The van der Waals surface area contributed by atoms with E-state index < -0.39 is 0 Å². The summed E-state index contributed by atoms with van der Waals surface area (Å²) in [4.78, 5) is 6.17. The number of nitrogens with zero attached hydrogens (tertiary/aromatic N) is 2. The highest BCUT2D eigenvalue weighted by Gasteiger charge is 2.09. The van der Waals surface area contributed by atoms with Crippen molar-refractivity contribution in [3.8, 4) is 5.75 Å². The van der Waals surface area contributed by atoms with Gasteiger partial charge in [-0.2, -0.15) is 0 Å². The van der Waals surface area contributed by atoms with Crippen molar-refractivity contribution in [2.75, 3.05) is 27.8 Å². The van der Waals surface area contributed by atoms with Crippen LogP contribution in [0.25, 0.3) is 0 Å². The number of nitrogens with one attached hydrogen (secondary N) is 2. The van der Waals surface area contributed by atoms with Gasteiger partial charge in [-0.1, -0.05) is 12.1 Å². The molecule has 0 heterocycles. The third-order valence-corrected chi connectivity index (χ3v) is 2.35. The van der Waals surface area contributed by atoms with Crippen molar-refractivity contribution in [1.29, 1.82) is 0 Å². The fourth-order valence-corrected chi connectivity index (χ4v) is 1.37. The van der Waals surface area contributed by atoms with E-state index in [1.165, 1.54) is 0 Å². The molecule has 0 spiro atoms. The fraction of sp³-hybridized carbons (Fsp3) is 0.417. The van der Waals surface area contributed by atoms with Gasteiger partial charge >= 0.3 is 0 Å². The van der Waals surface area contributed by atoms with E-state index in [2.05, 4.69) is 15.6 Å². The van der Waals surface area contributed by atoms with E-state index in [1.54, 1.807) is 24.3 Å². The predicted octanol–water partition coefficient (Wildman–Crippen LogP) is 0.0336. The number of guanidine groups is 1. The van der Waals surface area contributed by atoms with Crippen LogP contribution in [-0.2, 0) is 0 Å². The summed E-state index contributed by atoms with van der Waals surface area (Å²) >= 11 is 0. The highest BCUT2D eigenvalue weighted by molar-refractivity contribution is 5.79. The summed E-state index contributed by atoms with van der Waals surface area (Å²) in [7, 11) is 5.62. The van der Waals surface area contributed by atoms with Crippen molar-refractivity contribution in [3.05, 3.63) is 29.8 Å². The highest BCUT2D eigenvalue weighted by Crippen LogP contribution is 2.13. The molecule has 0 aliphatic rings. The normalized spacial score (nSPS) is 13.2. The molecule has 0 aromatic heterocycles. The van der Waals surface area contributed by atoms with Gasteiger partial charge in [0.1, 0.15) is 11.9 Å². The third kappa shape index (κ3) is 4.23. The minimum Gasteiger partial charge on any atom is -0.508 e. The van der Waals surface area contributed by atoms with E-state index in [0.29, 0.717) is 12.6 Å². The van der Waals surface area contributed by atoms with E-state index in [1.807, 2.05) is 26.0 Å². The second kappa shape index (κ2) is 6.83. The predicted molar refractivity (Wildman–Crippen MR) is 73.2 cm³/mol. The zero-order valence-electron chi connectivity index (χ0n) is 11.0. The molecule has 1 unspecified atom stereocenters. The number of aromatic hydroxyl groups is 1. The van der Waals surface area contributed by atoms with Crippen LogP contribution in [-0.4, -0.2) is 43.8 Å². The van der Waals surface area contributed by atoms with Gasteiger partial charge in [-0.15, -0.1) is 0 Å². The van der Waals surface area contributed by atoms with Crippen molar-refractivity contribution in [3.63, 3.8) is 0 Å². The average molecular weight is 251 g/mol. The Labute approximate surface area is 108 Å². The standard InChI is InChI=1S/C12H21N5O/c1-14-8-15-12(17(2)3)16-11(13)9-4-6-10(18)7-5-9/h4-7,11,14,18H,8,13H2,1-3H3,(H,15,16). The first kappa shape index (κ1) is 14.3. The Morgan fingerprint density at radius 3 is 2.50 bits per heavy atom. The van der Waals surface area contributed by atoms with E-state index in [-0.39, 0.29) is 11.9 Å². The molecule has 6 heteroatoms. The Morgan fingerprint density at radius 1 is 1.39 bits per heavy atom. The quantitative estimate of drug-likeness (QED) is 0.345. The van der Waals surface area contributed by atoms with E-state index in [0.717, 1.165) is 5.56 Å². The summed E-state index contributed by atoms with van der Waals surface area (Å²) in [6.07, 6.45) is -0.372. The number of phenolic OH excluding ortho intramolecular Hbond substituents is 1. The minimum atomic E-state index is -0.372. The zero-order valence-corrected chi connectivity index (χ0v) is 11.0. The summed E-state index contributed by atoms with van der Waals surface area (Å²) < 4.78 is 0. The minimum absolute atomic E-state index is 0.225. The second-order valence-electron chi connectivity index (χ2n) is 4.10. The van der Waals surface area contributed by atoms with Gasteiger partial charge in [0.2, 0.25) is 0 Å².